The second-order valence-corrected chi connectivity index (χ2v) is 9.02. The minimum absolute atomic E-state index is 0.00453. The van der Waals surface area contributed by atoms with Crippen LogP contribution in [0, 0.1) is 6.92 Å². The van der Waals surface area contributed by atoms with Gasteiger partial charge in [-0.25, -0.2) is 0 Å². The molecule has 1 aromatic carbocycles. The number of hydrogen-bond acceptors (Lipinski definition) is 4. The van der Waals surface area contributed by atoms with Crippen molar-refractivity contribution < 1.29 is 14.4 Å². The highest BCUT2D eigenvalue weighted by Gasteiger charge is 2.56. The maximum absolute atomic E-state index is 13.9. The Morgan fingerprint density at radius 1 is 1.12 bits per heavy atom. The molecule has 0 spiro atoms. The number of amides is 3. The van der Waals surface area contributed by atoms with Gasteiger partial charge in [0.15, 0.2) is 0 Å². The molecular formula is C26H31N3O3. The van der Waals surface area contributed by atoms with Crippen LogP contribution < -0.4 is 0 Å². The lowest BCUT2D eigenvalue weighted by Gasteiger charge is -2.32. The van der Waals surface area contributed by atoms with Gasteiger partial charge in [-0.2, -0.15) is 0 Å². The number of benzene rings is 1. The zero-order chi connectivity index (χ0) is 22.7. The topological polar surface area (TPSA) is 70.6 Å². The number of carbonyl (C=O) groups is 3. The molecule has 3 amide bonds. The van der Waals surface area contributed by atoms with Crippen molar-refractivity contribution in [3.05, 3.63) is 65.5 Å². The van der Waals surface area contributed by atoms with Gasteiger partial charge < -0.3 is 4.90 Å². The quantitative estimate of drug-likeness (QED) is 0.623. The van der Waals surface area contributed by atoms with Crippen LogP contribution in [0.5, 0.6) is 0 Å². The molecule has 0 radical (unpaired) electrons. The van der Waals surface area contributed by atoms with Gasteiger partial charge in [0.05, 0.1) is 5.41 Å². The SMILES string of the molecule is CCN(Cc1ccncc1)C(=O)C[C@]1(c2ccccc2C)CC(=O)N(C2CCCC2)C1=O. The van der Waals surface area contributed by atoms with Crippen LogP contribution in [0.25, 0.3) is 0 Å². The van der Waals surface area contributed by atoms with E-state index < -0.39 is 5.41 Å². The van der Waals surface area contributed by atoms with Gasteiger partial charge in [-0.15, -0.1) is 0 Å². The third-order valence-electron chi connectivity index (χ3n) is 7.01. The van der Waals surface area contributed by atoms with Crippen LogP contribution in [0.1, 0.15) is 62.1 Å². The third kappa shape index (κ3) is 4.06. The second-order valence-electron chi connectivity index (χ2n) is 9.02. The summed E-state index contributed by atoms with van der Waals surface area (Å²) in [4.78, 5) is 47.9. The van der Waals surface area contributed by atoms with Crippen LogP contribution in [0.3, 0.4) is 0 Å². The zero-order valence-electron chi connectivity index (χ0n) is 18.9. The minimum atomic E-state index is -1.13. The van der Waals surface area contributed by atoms with Crippen molar-refractivity contribution in [3.8, 4) is 0 Å². The van der Waals surface area contributed by atoms with Crippen LogP contribution in [0.15, 0.2) is 48.8 Å². The van der Waals surface area contributed by atoms with E-state index in [9.17, 15) is 14.4 Å². The van der Waals surface area contributed by atoms with Gasteiger partial charge in [-0.3, -0.25) is 24.3 Å². The lowest BCUT2D eigenvalue weighted by atomic mass is 9.73. The molecule has 4 rings (SSSR count). The van der Waals surface area contributed by atoms with Crippen LogP contribution in [0.2, 0.25) is 0 Å². The number of aryl methyl sites for hydroxylation is 1. The van der Waals surface area contributed by atoms with Crippen molar-refractivity contribution in [2.24, 2.45) is 0 Å². The summed E-state index contributed by atoms with van der Waals surface area (Å²) in [6.45, 7) is 4.87. The first-order valence-corrected chi connectivity index (χ1v) is 11.6. The molecule has 6 heteroatoms. The zero-order valence-corrected chi connectivity index (χ0v) is 18.9. The number of hydrogen-bond donors (Lipinski definition) is 0. The van der Waals surface area contributed by atoms with Gasteiger partial charge in [0.25, 0.3) is 0 Å². The Kier molecular flexibility index (Phi) is 6.40. The molecule has 32 heavy (non-hydrogen) atoms. The van der Waals surface area contributed by atoms with Gasteiger partial charge >= 0.3 is 0 Å². The summed E-state index contributed by atoms with van der Waals surface area (Å²) in [5.74, 6) is -0.450. The molecule has 1 aromatic heterocycles. The molecule has 0 N–H and O–H groups in total. The van der Waals surface area contributed by atoms with Gasteiger partial charge in [0, 0.05) is 44.4 Å². The molecule has 0 bridgehead atoms. The molecular weight excluding hydrogens is 402 g/mol. The summed E-state index contributed by atoms with van der Waals surface area (Å²) < 4.78 is 0. The number of carbonyl (C=O) groups excluding carboxylic acids is 3. The number of rotatable bonds is 7. The first-order valence-electron chi connectivity index (χ1n) is 11.6. The van der Waals surface area contributed by atoms with E-state index in [4.69, 9.17) is 0 Å². The fourth-order valence-corrected chi connectivity index (χ4v) is 5.30. The lowest BCUT2D eigenvalue weighted by Crippen LogP contribution is -2.46. The lowest BCUT2D eigenvalue weighted by molar-refractivity contribution is -0.144. The largest absolute Gasteiger partial charge is 0.339 e. The Balaban J connectivity index is 1.67. The number of pyridine rings is 1. The normalized spacial score (nSPS) is 21.4. The fraction of sp³-hybridized carbons (Fsp3) is 0.462. The highest BCUT2D eigenvalue weighted by atomic mass is 16.2. The highest BCUT2D eigenvalue weighted by molar-refractivity contribution is 6.11. The summed E-state index contributed by atoms with van der Waals surface area (Å²) in [6.07, 6.45) is 7.27. The number of aromatic nitrogens is 1. The molecule has 2 fully saturated rings. The maximum atomic E-state index is 13.9. The van der Waals surface area contributed by atoms with E-state index >= 15 is 0 Å². The monoisotopic (exact) mass is 433 g/mol. The van der Waals surface area contributed by atoms with Crippen molar-refractivity contribution in [1.29, 1.82) is 0 Å². The van der Waals surface area contributed by atoms with Crippen molar-refractivity contribution in [1.82, 2.24) is 14.8 Å². The van der Waals surface area contributed by atoms with E-state index in [2.05, 4.69) is 4.98 Å². The predicted octanol–water partition coefficient (Wildman–Crippen LogP) is 3.77. The number of nitrogens with zero attached hydrogens (tertiary/aromatic N) is 3. The molecule has 1 aliphatic heterocycles. The molecule has 1 atom stereocenters. The van der Waals surface area contributed by atoms with Crippen molar-refractivity contribution in [2.45, 2.75) is 70.4 Å². The molecule has 1 saturated heterocycles. The first-order chi connectivity index (χ1) is 15.5. The van der Waals surface area contributed by atoms with Gasteiger partial charge in [-0.1, -0.05) is 37.1 Å². The van der Waals surface area contributed by atoms with Crippen molar-refractivity contribution >= 4 is 17.7 Å². The predicted molar refractivity (Wildman–Crippen MR) is 122 cm³/mol. The van der Waals surface area contributed by atoms with Gasteiger partial charge in [0.1, 0.15) is 0 Å². The molecule has 2 heterocycles. The fourth-order valence-electron chi connectivity index (χ4n) is 5.30. The van der Waals surface area contributed by atoms with Crippen molar-refractivity contribution in [3.63, 3.8) is 0 Å². The summed E-state index contributed by atoms with van der Waals surface area (Å²) >= 11 is 0. The summed E-state index contributed by atoms with van der Waals surface area (Å²) in [6, 6.07) is 11.4. The number of likely N-dealkylation sites (tertiary alicyclic amines) is 1. The Bertz CT molecular complexity index is 1000. The highest BCUT2D eigenvalue weighted by Crippen LogP contribution is 2.44. The molecule has 0 unspecified atom stereocenters. The standard InChI is InChI=1S/C26H31N3O3/c1-3-28(18-20-12-14-27-15-13-20)23(30)16-26(22-11-7-4-8-19(22)2)17-24(31)29(25(26)32)21-9-5-6-10-21/h4,7-8,11-15,21H,3,5-6,9-10,16-18H2,1-2H3/t26-/m1/s1. The maximum Gasteiger partial charge on any atom is 0.241 e. The molecule has 2 aliphatic rings. The molecule has 1 saturated carbocycles. The van der Waals surface area contributed by atoms with E-state index in [1.807, 2.05) is 50.2 Å². The summed E-state index contributed by atoms with van der Waals surface area (Å²) in [5, 5.41) is 0. The van der Waals surface area contributed by atoms with E-state index in [-0.39, 0.29) is 36.6 Å². The van der Waals surface area contributed by atoms with E-state index in [1.54, 1.807) is 17.3 Å². The van der Waals surface area contributed by atoms with Crippen LogP contribution in [-0.2, 0) is 26.3 Å². The first kappa shape index (κ1) is 22.2. The van der Waals surface area contributed by atoms with E-state index in [1.165, 1.54) is 4.90 Å². The molecule has 168 valence electrons. The van der Waals surface area contributed by atoms with E-state index in [0.29, 0.717) is 13.1 Å². The smallest absolute Gasteiger partial charge is 0.241 e. The minimum Gasteiger partial charge on any atom is -0.339 e. The van der Waals surface area contributed by atoms with Gasteiger partial charge in [-0.05, 0) is 55.5 Å². The van der Waals surface area contributed by atoms with Crippen LogP contribution in [-0.4, -0.2) is 45.1 Å². The van der Waals surface area contributed by atoms with Gasteiger partial charge in [0.2, 0.25) is 17.7 Å². The Morgan fingerprint density at radius 3 is 2.47 bits per heavy atom. The molecule has 1 aliphatic carbocycles. The van der Waals surface area contributed by atoms with E-state index in [0.717, 1.165) is 42.4 Å². The average Bonchev–Trinajstić information content (AvgIpc) is 3.39. The Labute approximate surface area is 189 Å². The Morgan fingerprint density at radius 2 is 1.81 bits per heavy atom. The Hall–Kier alpha value is -3.02. The molecule has 2 aromatic rings. The molecule has 6 nitrogen and oxygen atoms in total. The second kappa shape index (κ2) is 9.23. The van der Waals surface area contributed by atoms with Crippen LogP contribution in [0.4, 0.5) is 0 Å². The van der Waals surface area contributed by atoms with Crippen LogP contribution >= 0.6 is 0 Å². The number of imide groups is 1. The average molecular weight is 434 g/mol. The summed E-state index contributed by atoms with van der Waals surface area (Å²) in [5.41, 5.74) is 1.59. The summed E-state index contributed by atoms with van der Waals surface area (Å²) in [7, 11) is 0. The van der Waals surface area contributed by atoms with Crippen molar-refractivity contribution in [2.75, 3.05) is 6.54 Å². The third-order valence-corrected chi connectivity index (χ3v) is 7.01.